The van der Waals surface area contributed by atoms with Crippen molar-refractivity contribution in [2.75, 3.05) is 17.3 Å². The molecule has 3 heterocycles. The molecule has 1 atom stereocenters. The lowest BCUT2D eigenvalue weighted by Gasteiger charge is -2.47. The predicted molar refractivity (Wildman–Crippen MR) is 101 cm³/mol. The lowest BCUT2D eigenvalue weighted by atomic mass is 9.96. The quantitative estimate of drug-likeness (QED) is 0.869. The average molecular weight is 385 g/mol. The zero-order valence-corrected chi connectivity index (χ0v) is 15.9. The van der Waals surface area contributed by atoms with E-state index >= 15 is 0 Å². The molecular formula is C18H19N5O3S. The Morgan fingerprint density at radius 1 is 1.30 bits per heavy atom. The third-order valence-corrected chi connectivity index (χ3v) is 5.95. The Balaban J connectivity index is 1.74. The van der Waals surface area contributed by atoms with Crippen molar-refractivity contribution < 1.29 is 14.4 Å². The van der Waals surface area contributed by atoms with Crippen molar-refractivity contribution in [3.8, 4) is 0 Å². The first-order valence-corrected chi connectivity index (χ1v) is 9.64. The number of fused-ring (bicyclic) bond motifs is 3. The van der Waals surface area contributed by atoms with Gasteiger partial charge in [0.15, 0.2) is 0 Å². The molecule has 9 heteroatoms. The number of aryl methyl sites for hydroxylation is 1. The normalized spacial score (nSPS) is 21.3. The number of carbonyl (C=O) groups excluding carboxylic acids is 3. The molecule has 1 fully saturated rings. The van der Waals surface area contributed by atoms with Crippen LogP contribution in [0.2, 0.25) is 0 Å². The summed E-state index contributed by atoms with van der Waals surface area (Å²) in [6.45, 7) is 2.04. The van der Waals surface area contributed by atoms with Gasteiger partial charge in [0.25, 0.3) is 11.8 Å². The first-order valence-electron chi connectivity index (χ1n) is 8.83. The van der Waals surface area contributed by atoms with Gasteiger partial charge in [-0.15, -0.1) is 10.2 Å². The minimum Gasteiger partial charge on any atom is -0.310 e. The zero-order valence-electron chi connectivity index (χ0n) is 15.1. The fraction of sp³-hybridized carbons (Fsp3) is 0.389. The van der Waals surface area contributed by atoms with Crippen LogP contribution in [0.25, 0.3) is 0 Å². The standard InChI is InChI=1S/C18H19N5O3S/c1-3-6-13-20-21-17(27-13)19-16(26)18-10-9-14(24)23(18)12-8-5-4-7-11(12)15(25)22(18)2/h4-5,7-8H,3,6,9-10H2,1-2H3,(H,19,21,26). The number of hydrogen-bond donors (Lipinski definition) is 1. The number of nitrogens with zero attached hydrogens (tertiary/aromatic N) is 4. The Bertz CT molecular complexity index is 943. The van der Waals surface area contributed by atoms with Gasteiger partial charge in [0.05, 0.1) is 11.3 Å². The lowest BCUT2D eigenvalue weighted by molar-refractivity contribution is -0.128. The lowest BCUT2D eigenvalue weighted by Crippen LogP contribution is -2.68. The summed E-state index contributed by atoms with van der Waals surface area (Å²) in [6.07, 6.45) is 2.14. The molecule has 2 aliphatic rings. The fourth-order valence-corrected chi connectivity index (χ4v) is 4.58. The van der Waals surface area contributed by atoms with Crippen molar-refractivity contribution >= 4 is 39.9 Å². The van der Waals surface area contributed by atoms with Crippen LogP contribution in [0.1, 0.15) is 41.6 Å². The molecular weight excluding hydrogens is 366 g/mol. The van der Waals surface area contributed by atoms with E-state index in [1.165, 1.54) is 21.1 Å². The van der Waals surface area contributed by atoms with Crippen molar-refractivity contribution in [1.29, 1.82) is 0 Å². The van der Waals surface area contributed by atoms with Crippen LogP contribution in [0.5, 0.6) is 0 Å². The van der Waals surface area contributed by atoms with Crippen LogP contribution >= 0.6 is 11.3 Å². The molecule has 4 rings (SSSR count). The predicted octanol–water partition coefficient (Wildman–Crippen LogP) is 2.04. The molecule has 140 valence electrons. The summed E-state index contributed by atoms with van der Waals surface area (Å²) in [7, 11) is 1.56. The van der Waals surface area contributed by atoms with E-state index in [4.69, 9.17) is 0 Å². The number of likely N-dealkylation sites (N-methyl/N-ethyl adjacent to an activating group) is 1. The summed E-state index contributed by atoms with van der Waals surface area (Å²) >= 11 is 1.31. The van der Waals surface area contributed by atoms with Crippen LogP contribution in [0, 0.1) is 0 Å². The van der Waals surface area contributed by atoms with Crippen LogP contribution in [0.4, 0.5) is 10.8 Å². The van der Waals surface area contributed by atoms with Crippen molar-refractivity contribution in [3.63, 3.8) is 0 Å². The number of hydrogen-bond acceptors (Lipinski definition) is 6. The van der Waals surface area contributed by atoms with E-state index in [-0.39, 0.29) is 24.7 Å². The van der Waals surface area contributed by atoms with Gasteiger partial charge >= 0.3 is 0 Å². The third-order valence-electron chi connectivity index (χ3n) is 5.06. The SMILES string of the molecule is CCCc1nnc(NC(=O)C23CCC(=O)N2c2ccccc2C(=O)N3C)s1. The highest BCUT2D eigenvalue weighted by atomic mass is 32.1. The third kappa shape index (κ3) is 2.53. The summed E-state index contributed by atoms with van der Waals surface area (Å²) in [5.74, 6) is -0.908. The largest absolute Gasteiger partial charge is 0.310 e. The van der Waals surface area contributed by atoms with Gasteiger partial charge in [0.2, 0.25) is 16.7 Å². The first kappa shape index (κ1) is 17.6. The number of anilines is 2. The number of rotatable bonds is 4. The van der Waals surface area contributed by atoms with E-state index in [2.05, 4.69) is 15.5 Å². The van der Waals surface area contributed by atoms with Crippen molar-refractivity contribution in [2.45, 2.75) is 38.3 Å². The number of amides is 3. The number of para-hydroxylation sites is 1. The number of nitrogens with one attached hydrogen (secondary N) is 1. The molecule has 1 saturated heterocycles. The van der Waals surface area contributed by atoms with Gasteiger partial charge in [-0.05, 0) is 18.6 Å². The molecule has 0 radical (unpaired) electrons. The molecule has 1 N–H and O–H groups in total. The van der Waals surface area contributed by atoms with Crippen LogP contribution < -0.4 is 10.2 Å². The monoisotopic (exact) mass is 385 g/mol. The van der Waals surface area contributed by atoms with Gasteiger partial charge in [-0.25, -0.2) is 0 Å². The van der Waals surface area contributed by atoms with Gasteiger partial charge in [-0.3, -0.25) is 24.6 Å². The maximum atomic E-state index is 13.3. The molecule has 0 bridgehead atoms. The van der Waals surface area contributed by atoms with Crippen LogP contribution in [-0.4, -0.2) is 45.5 Å². The summed E-state index contributed by atoms with van der Waals surface area (Å²) in [5, 5.41) is 12.1. The summed E-state index contributed by atoms with van der Waals surface area (Å²) in [6, 6.07) is 6.88. The first-order chi connectivity index (χ1) is 13.0. The minimum absolute atomic E-state index is 0.180. The Hall–Kier alpha value is -2.81. The van der Waals surface area contributed by atoms with E-state index in [0.29, 0.717) is 16.4 Å². The molecule has 0 saturated carbocycles. The molecule has 3 amide bonds. The second-order valence-electron chi connectivity index (χ2n) is 6.63. The Kier molecular flexibility index (Phi) is 4.18. The van der Waals surface area contributed by atoms with E-state index in [0.717, 1.165) is 17.8 Å². The van der Waals surface area contributed by atoms with Crippen molar-refractivity contribution in [2.24, 2.45) is 0 Å². The highest BCUT2D eigenvalue weighted by molar-refractivity contribution is 7.15. The van der Waals surface area contributed by atoms with Gasteiger partial charge < -0.3 is 4.90 Å². The Labute approximate surface area is 160 Å². The Morgan fingerprint density at radius 3 is 2.85 bits per heavy atom. The maximum Gasteiger partial charge on any atom is 0.273 e. The number of benzene rings is 1. The van der Waals surface area contributed by atoms with E-state index in [1.807, 2.05) is 6.92 Å². The van der Waals surface area contributed by atoms with Crippen molar-refractivity contribution in [3.05, 3.63) is 34.8 Å². The van der Waals surface area contributed by atoms with Gasteiger partial charge in [-0.2, -0.15) is 0 Å². The second-order valence-corrected chi connectivity index (χ2v) is 7.69. The highest BCUT2D eigenvalue weighted by Crippen LogP contribution is 2.44. The van der Waals surface area contributed by atoms with Crippen LogP contribution in [0.15, 0.2) is 24.3 Å². The topological polar surface area (TPSA) is 95.5 Å². The average Bonchev–Trinajstić information content (AvgIpc) is 3.25. The van der Waals surface area contributed by atoms with E-state index < -0.39 is 11.6 Å². The van der Waals surface area contributed by atoms with E-state index in [1.54, 1.807) is 31.3 Å². The molecule has 1 unspecified atom stereocenters. The van der Waals surface area contributed by atoms with Gasteiger partial charge in [-0.1, -0.05) is 30.4 Å². The molecule has 27 heavy (non-hydrogen) atoms. The zero-order chi connectivity index (χ0) is 19.2. The molecule has 0 spiro atoms. The molecule has 0 aliphatic carbocycles. The summed E-state index contributed by atoms with van der Waals surface area (Å²) < 4.78 is 0. The van der Waals surface area contributed by atoms with Crippen LogP contribution in [0.3, 0.4) is 0 Å². The highest BCUT2D eigenvalue weighted by Gasteiger charge is 2.59. The smallest absolute Gasteiger partial charge is 0.273 e. The van der Waals surface area contributed by atoms with Gasteiger partial charge in [0, 0.05) is 26.3 Å². The molecule has 1 aromatic carbocycles. The number of aromatic nitrogens is 2. The maximum absolute atomic E-state index is 13.3. The fourth-order valence-electron chi connectivity index (χ4n) is 3.74. The molecule has 8 nitrogen and oxygen atoms in total. The summed E-state index contributed by atoms with van der Waals surface area (Å²) in [4.78, 5) is 41.7. The van der Waals surface area contributed by atoms with Crippen LogP contribution in [-0.2, 0) is 16.0 Å². The molecule has 2 aromatic rings. The summed E-state index contributed by atoms with van der Waals surface area (Å²) in [5.41, 5.74) is -0.499. The van der Waals surface area contributed by atoms with E-state index in [9.17, 15) is 14.4 Å². The molecule has 2 aliphatic heterocycles. The molecule has 1 aromatic heterocycles. The minimum atomic E-state index is -1.39. The van der Waals surface area contributed by atoms with Gasteiger partial charge in [0.1, 0.15) is 5.01 Å². The number of carbonyl (C=O) groups is 3. The Morgan fingerprint density at radius 2 is 2.07 bits per heavy atom. The van der Waals surface area contributed by atoms with Crippen molar-refractivity contribution in [1.82, 2.24) is 15.1 Å². The second kappa shape index (κ2) is 6.41.